The van der Waals surface area contributed by atoms with Gasteiger partial charge in [-0.05, 0) is 31.9 Å². The summed E-state index contributed by atoms with van der Waals surface area (Å²) in [4.78, 5) is 26.9. The summed E-state index contributed by atoms with van der Waals surface area (Å²) in [5.41, 5.74) is 2.76. The predicted molar refractivity (Wildman–Crippen MR) is 128 cm³/mol. The zero-order valence-electron chi connectivity index (χ0n) is 19.7. The fourth-order valence-electron chi connectivity index (χ4n) is 4.80. The molecule has 2 aliphatic heterocycles. The molecule has 1 amide bonds. The van der Waals surface area contributed by atoms with Crippen molar-refractivity contribution in [2.45, 2.75) is 39.5 Å². The molecule has 0 unspecified atom stereocenters. The first-order chi connectivity index (χ1) is 16.0. The third kappa shape index (κ3) is 4.19. The lowest BCUT2D eigenvalue weighted by atomic mass is 9.99. The lowest BCUT2D eigenvalue weighted by Crippen LogP contribution is -2.50. The molecular weight excluding hydrogens is 416 g/mol. The van der Waals surface area contributed by atoms with E-state index < -0.39 is 0 Å². The van der Waals surface area contributed by atoms with E-state index in [1.807, 2.05) is 48.6 Å². The summed E-state index contributed by atoms with van der Waals surface area (Å²) >= 11 is 0. The maximum atomic E-state index is 12.5. The van der Waals surface area contributed by atoms with Gasteiger partial charge in [0.1, 0.15) is 11.6 Å². The van der Waals surface area contributed by atoms with Crippen LogP contribution in [0.1, 0.15) is 44.1 Å². The summed E-state index contributed by atoms with van der Waals surface area (Å²) in [6.07, 6.45) is 1.86. The minimum Gasteiger partial charge on any atom is -0.381 e. The summed E-state index contributed by atoms with van der Waals surface area (Å²) in [5.74, 6) is 2.34. The molecule has 174 valence electrons. The minimum absolute atomic E-state index is 0.0220. The summed E-state index contributed by atoms with van der Waals surface area (Å²) in [6.45, 7) is 10.4. The van der Waals surface area contributed by atoms with Gasteiger partial charge < -0.3 is 14.5 Å². The molecule has 0 aliphatic carbocycles. The summed E-state index contributed by atoms with van der Waals surface area (Å²) < 4.78 is 7.53. The first-order valence-corrected chi connectivity index (χ1v) is 12.0. The Hall–Kier alpha value is -3.00. The Morgan fingerprint density at radius 3 is 2.39 bits per heavy atom. The highest BCUT2D eigenvalue weighted by Crippen LogP contribution is 2.33. The number of anilines is 1. The van der Waals surface area contributed by atoms with Crippen LogP contribution in [0.15, 0.2) is 30.3 Å². The molecular formula is C25H32N6O2. The number of rotatable bonds is 4. The van der Waals surface area contributed by atoms with Gasteiger partial charge in [0, 0.05) is 51.2 Å². The van der Waals surface area contributed by atoms with Crippen LogP contribution < -0.4 is 4.90 Å². The van der Waals surface area contributed by atoms with Gasteiger partial charge >= 0.3 is 0 Å². The van der Waals surface area contributed by atoms with E-state index in [0.29, 0.717) is 13.1 Å². The maximum Gasteiger partial charge on any atom is 0.225 e. The average Bonchev–Trinajstić information content (AvgIpc) is 3.20. The quantitative estimate of drug-likeness (QED) is 0.609. The number of amides is 1. The number of hydrogen-bond acceptors (Lipinski definition) is 6. The van der Waals surface area contributed by atoms with Crippen LogP contribution in [0, 0.1) is 12.8 Å². The molecule has 3 aromatic rings. The number of aryl methyl sites for hydroxylation is 1. The topological polar surface area (TPSA) is 76.4 Å². The zero-order valence-corrected chi connectivity index (χ0v) is 19.7. The monoisotopic (exact) mass is 448 g/mol. The first-order valence-electron chi connectivity index (χ1n) is 12.0. The number of hydrogen-bond donors (Lipinski definition) is 0. The Morgan fingerprint density at radius 2 is 1.73 bits per heavy atom. The third-order valence-electron chi connectivity index (χ3n) is 6.67. The van der Waals surface area contributed by atoms with Crippen LogP contribution in [0.3, 0.4) is 0 Å². The SMILES string of the molecule is Cc1nn(-c2ccccc2)c2nc(C3CCOCC3)nc(N3CCN(C(=O)C(C)C)CC3)c12. The van der Waals surface area contributed by atoms with Gasteiger partial charge in [-0.2, -0.15) is 5.10 Å². The van der Waals surface area contributed by atoms with E-state index in [9.17, 15) is 4.79 Å². The van der Waals surface area contributed by atoms with Crippen molar-refractivity contribution in [1.82, 2.24) is 24.6 Å². The van der Waals surface area contributed by atoms with Crippen LogP contribution in [0.25, 0.3) is 16.7 Å². The molecule has 5 rings (SSSR count). The molecule has 2 saturated heterocycles. The second-order valence-corrected chi connectivity index (χ2v) is 9.29. The molecule has 2 aromatic heterocycles. The fourth-order valence-corrected chi connectivity index (χ4v) is 4.80. The van der Waals surface area contributed by atoms with E-state index in [-0.39, 0.29) is 17.7 Å². The lowest BCUT2D eigenvalue weighted by molar-refractivity contribution is -0.134. The van der Waals surface area contributed by atoms with Gasteiger partial charge in [-0.1, -0.05) is 32.0 Å². The van der Waals surface area contributed by atoms with Crippen LogP contribution in [-0.2, 0) is 9.53 Å². The zero-order chi connectivity index (χ0) is 22.9. The second kappa shape index (κ2) is 9.09. The highest BCUT2D eigenvalue weighted by atomic mass is 16.5. The van der Waals surface area contributed by atoms with Crippen LogP contribution in [0.5, 0.6) is 0 Å². The number of carbonyl (C=O) groups excluding carboxylic acids is 1. The number of fused-ring (bicyclic) bond motifs is 1. The number of aromatic nitrogens is 4. The fraction of sp³-hybridized carbons (Fsp3) is 0.520. The van der Waals surface area contributed by atoms with E-state index >= 15 is 0 Å². The van der Waals surface area contributed by atoms with Crippen molar-refractivity contribution in [3.63, 3.8) is 0 Å². The molecule has 0 bridgehead atoms. The molecule has 0 radical (unpaired) electrons. The normalized spacial score (nSPS) is 17.8. The van der Waals surface area contributed by atoms with Crippen molar-refractivity contribution in [3.05, 3.63) is 41.9 Å². The Kier molecular flexibility index (Phi) is 6.01. The predicted octanol–water partition coefficient (Wildman–Crippen LogP) is 3.32. The molecule has 2 aliphatic rings. The van der Waals surface area contributed by atoms with Crippen LogP contribution in [0.2, 0.25) is 0 Å². The molecule has 4 heterocycles. The van der Waals surface area contributed by atoms with Crippen LogP contribution >= 0.6 is 0 Å². The molecule has 0 atom stereocenters. The first kappa shape index (κ1) is 21.8. The smallest absolute Gasteiger partial charge is 0.225 e. The summed E-state index contributed by atoms with van der Waals surface area (Å²) in [5, 5.41) is 5.86. The molecule has 0 saturated carbocycles. The maximum absolute atomic E-state index is 12.5. The summed E-state index contributed by atoms with van der Waals surface area (Å²) in [7, 11) is 0. The number of para-hydroxylation sites is 1. The largest absolute Gasteiger partial charge is 0.381 e. The Balaban J connectivity index is 1.57. The molecule has 8 heteroatoms. The molecule has 0 N–H and O–H groups in total. The molecule has 33 heavy (non-hydrogen) atoms. The van der Waals surface area contributed by atoms with E-state index in [2.05, 4.69) is 17.0 Å². The van der Waals surface area contributed by atoms with Crippen molar-refractivity contribution in [3.8, 4) is 5.69 Å². The van der Waals surface area contributed by atoms with Gasteiger partial charge in [-0.3, -0.25) is 4.79 Å². The van der Waals surface area contributed by atoms with Gasteiger partial charge in [0.25, 0.3) is 0 Å². The van der Waals surface area contributed by atoms with Gasteiger partial charge in [0.05, 0.1) is 16.8 Å². The van der Waals surface area contributed by atoms with Crippen LogP contribution in [0.4, 0.5) is 5.82 Å². The number of carbonyl (C=O) groups is 1. The number of benzene rings is 1. The van der Waals surface area contributed by atoms with Gasteiger partial charge in [0.15, 0.2) is 5.65 Å². The molecule has 1 aromatic carbocycles. The Morgan fingerprint density at radius 1 is 1.03 bits per heavy atom. The Bertz CT molecular complexity index is 1130. The summed E-state index contributed by atoms with van der Waals surface area (Å²) in [6, 6.07) is 10.2. The lowest BCUT2D eigenvalue weighted by Gasteiger charge is -2.36. The average molecular weight is 449 g/mol. The highest BCUT2D eigenvalue weighted by molar-refractivity contribution is 5.91. The van der Waals surface area contributed by atoms with E-state index in [4.69, 9.17) is 19.8 Å². The number of nitrogens with zero attached hydrogens (tertiary/aromatic N) is 6. The van der Waals surface area contributed by atoms with Gasteiger partial charge in [-0.15, -0.1) is 0 Å². The van der Waals surface area contributed by atoms with Crippen molar-refractivity contribution in [2.24, 2.45) is 5.92 Å². The minimum atomic E-state index is 0.0220. The number of piperazine rings is 1. The van der Waals surface area contributed by atoms with E-state index in [0.717, 1.165) is 73.2 Å². The van der Waals surface area contributed by atoms with Crippen molar-refractivity contribution in [1.29, 1.82) is 0 Å². The van der Waals surface area contributed by atoms with E-state index in [1.54, 1.807) is 0 Å². The Labute approximate surface area is 194 Å². The molecule has 0 spiro atoms. The number of ether oxygens (including phenoxy) is 1. The molecule has 2 fully saturated rings. The standard InChI is InChI=1S/C25H32N6O2/c1-17(2)25(32)30-13-11-29(12-14-30)23-21-18(3)28-31(20-7-5-4-6-8-20)24(21)27-22(26-23)19-9-15-33-16-10-19/h4-8,17,19H,9-16H2,1-3H3. The third-order valence-corrected chi connectivity index (χ3v) is 6.67. The van der Waals surface area contributed by atoms with Crippen molar-refractivity contribution >= 4 is 22.8 Å². The van der Waals surface area contributed by atoms with Crippen molar-refractivity contribution < 1.29 is 9.53 Å². The van der Waals surface area contributed by atoms with E-state index in [1.165, 1.54) is 0 Å². The van der Waals surface area contributed by atoms with Crippen molar-refractivity contribution in [2.75, 3.05) is 44.3 Å². The molecule has 8 nitrogen and oxygen atoms in total. The second-order valence-electron chi connectivity index (χ2n) is 9.29. The van der Waals surface area contributed by atoms with Gasteiger partial charge in [0.2, 0.25) is 5.91 Å². The van der Waals surface area contributed by atoms with Gasteiger partial charge in [-0.25, -0.2) is 14.6 Å². The highest BCUT2D eigenvalue weighted by Gasteiger charge is 2.29. The van der Waals surface area contributed by atoms with Crippen LogP contribution in [-0.4, -0.2) is 69.9 Å².